The van der Waals surface area contributed by atoms with Crippen molar-refractivity contribution in [2.45, 2.75) is 291 Å². The van der Waals surface area contributed by atoms with Gasteiger partial charge in [-0.1, -0.05) is 246 Å². The van der Waals surface area contributed by atoms with Gasteiger partial charge in [0.2, 0.25) is 0 Å². The lowest BCUT2D eigenvalue weighted by Gasteiger charge is -2.18. The van der Waals surface area contributed by atoms with Gasteiger partial charge in [0.25, 0.3) is 0 Å². The molecule has 0 aromatic heterocycles. The summed E-state index contributed by atoms with van der Waals surface area (Å²) < 4.78 is 16.7. The van der Waals surface area contributed by atoms with Crippen LogP contribution in [0.4, 0.5) is 0 Å². The zero-order valence-electron chi connectivity index (χ0n) is 38.8. The summed E-state index contributed by atoms with van der Waals surface area (Å²) in [7, 11) is 0. The maximum absolute atomic E-state index is 12.6. The standard InChI is InChI=1S/C51H98O6/c1-5-8-10-12-14-15-16-17-21-24-27-31-34-38-42-49(52)55-45-48(57-51(54)44-40-36-29-13-11-9-6-2)46-56-50(53)43-39-35-32-28-25-22-19-18-20-23-26-30-33-37-41-47(4)7-3/h47-48H,5-46H2,1-4H3/t47?,48-/m0/s1. The molecule has 6 nitrogen and oxygen atoms in total. The van der Waals surface area contributed by atoms with E-state index < -0.39 is 6.10 Å². The first-order chi connectivity index (χ1) is 27.9. The van der Waals surface area contributed by atoms with Crippen molar-refractivity contribution in [2.24, 2.45) is 5.92 Å². The van der Waals surface area contributed by atoms with Crippen LogP contribution < -0.4 is 0 Å². The highest BCUT2D eigenvalue weighted by Gasteiger charge is 2.19. The van der Waals surface area contributed by atoms with Crippen molar-refractivity contribution in [1.29, 1.82) is 0 Å². The molecule has 0 fully saturated rings. The molecular weight excluding hydrogens is 709 g/mol. The van der Waals surface area contributed by atoms with Gasteiger partial charge < -0.3 is 14.2 Å². The average Bonchev–Trinajstić information content (AvgIpc) is 3.21. The molecule has 0 aliphatic rings. The molecule has 1 unspecified atom stereocenters. The third kappa shape index (κ3) is 43.8. The summed E-state index contributed by atoms with van der Waals surface area (Å²) in [5.41, 5.74) is 0. The van der Waals surface area contributed by atoms with Gasteiger partial charge in [-0.2, -0.15) is 0 Å². The van der Waals surface area contributed by atoms with Crippen LogP contribution in [0.15, 0.2) is 0 Å². The number of hydrogen-bond acceptors (Lipinski definition) is 6. The zero-order valence-corrected chi connectivity index (χ0v) is 38.8. The van der Waals surface area contributed by atoms with Crippen LogP contribution in [0.5, 0.6) is 0 Å². The second kappa shape index (κ2) is 45.5. The van der Waals surface area contributed by atoms with E-state index in [9.17, 15) is 14.4 Å². The van der Waals surface area contributed by atoms with Gasteiger partial charge in [0.05, 0.1) is 0 Å². The molecule has 0 aliphatic carbocycles. The quantitative estimate of drug-likeness (QED) is 0.0346. The van der Waals surface area contributed by atoms with Gasteiger partial charge >= 0.3 is 17.9 Å². The Kier molecular flexibility index (Phi) is 44.2. The van der Waals surface area contributed by atoms with Gasteiger partial charge in [0, 0.05) is 19.3 Å². The van der Waals surface area contributed by atoms with E-state index >= 15 is 0 Å². The van der Waals surface area contributed by atoms with Gasteiger partial charge in [-0.15, -0.1) is 0 Å². The first-order valence-electron chi connectivity index (χ1n) is 25.4. The fraction of sp³-hybridized carbons (Fsp3) is 0.941. The van der Waals surface area contributed by atoms with Crippen LogP contribution in [0.2, 0.25) is 0 Å². The number of rotatable bonds is 46. The van der Waals surface area contributed by atoms with E-state index in [1.54, 1.807) is 0 Å². The Morgan fingerprint density at radius 1 is 0.351 bits per heavy atom. The molecule has 0 spiro atoms. The number of carbonyl (C=O) groups is 3. The molecule has 0 bridgehead atoms. The molecule has 57 heavy (non-hydrogen) atoms. The molecule has 0 aromatic rings. The van der Waals surface area contributed by atoms with Crippen molar-refractivity contribution in [3.63, 3.8) is 0 Å². The predicted molar refractivity (Wildman–Crippen MR) is 243 cm³/mol. The molecule has 0 saturated carbocycles. The monoisotopic (exact) mass is 807 g/mol. The Morgan fingerprint density at radius 2 is 0.614 bits per heavy atom. The molecule has 2 atom stereocenters. The molecular formula is C51H98O6. The van der Waals surface area contributed by atoms with Crippen LogP contribution in [-0.4, -0.2) is 37.2 Å². The topological polar surface area (TPSA) is 78.9 Å². The normalized spacial score (nSPS) is 12.4. The fourth-order valence-corrected chi connectivity index (χ4v) is 7.66. The summed E-state index contributed by atoms with van der Waals surface area (Å²) in [5.74, 6) is 0.0430. The number of unbranched alkanes of at least 4 members (excludes halogenated alkanes) is 32. The maximum Gasteiger partial charge on any atom is 0.306 e. The van der Waals surface area contributed by atoms with Crippen molar-refractivity contribution < 1.29 is 28.6 Å². The summed E-state index contributed by atoms with van der Waals surface area (Å²) in [6.07, 6.45) is 46.6. The second-order valence-corrected chi connectivity index (χ2v) is 17.7. The SMILES string of the molecule is CCCCCCCCCCCCCCCCC(=O)OC[C@@H](COC(=O)CCCCCCCCCCCCCCCCC(C)CC)OC(=O)CCCCCCCCC. The van der Waals surface area contributed by atoms with Crippen molar-refractivity contribution in [3.05, 3.63) is 0 Å². The van der Waals surface area contributed by atoms with E-state index in [0.29, 0.717) is 19.3 Å². The average molecular weight is 807 g/mol. The molecule has 0 aromatic carbocycles. The van der Waals surface area contributed by atoms with Crippen molar-refractivity contribution in [3.8, 4) is 0 Å². The minimum atomic E-state index is -0.759. The number of carbonyl (C=O) groups excluding carboxylic acids is 3. The molecule has 0 amide bonds. The van der Waals surface area contributed by atoms with Crippen molar-refractivity contribution in [2.75, 3.05) is 13.2 Å². The van der Waals surface area contributed by atoms with Crippen LogP contribution in [0.1, 0.15) is 285 Å². The van der Waals surface area contributed by atoms with E-state index in [2.05, 4.69) is 27.7 Å². The highest BCUT2D eigenvalue weighted by molar-refractivity contribution is 5.71. The second-order valence-electron chi connectivity index (χ2n) is 17.7. The lowest BCUT2D eigenvalue weighted by molar-refractivity contribution is -0.167. The summed E-state index contributed by atoms with van der Waals surface area (Å²) in [6.45, 7) is 9.03. The molecule has 0 radical (unpaired) electrons. The first kappa shape index (κ1) is 55.4. The highest BCUT2D eigenvalue weighted by atomic mass is 16.6. The number of ether oxygens (including phenoxy) is 3. The van der Waals surface area contributed by atoms with E-state index in [4.69, 9.17) is 14.2 Å². The summed E-state index contributed by atoms with van der Waals surface area (Å²) in [4.78, 5) is 37.7. The Balaban J connectivity index is 4.16. The van der Waals surface area contributed by atoms with Gasteiger partial charge in [-0.3, -0.25) is 14.4 Å². The van der Waals surface area contributed by atoms with Gasteiger partial charge in [0.1, 0.15) is 13.2 Å². The van der Waals surface area contributed by atoms with E-state index in [-0.39, 0.29) is 31.1 Å². The number of esters is 3. The molecule has 338 valence electrons. The zero-order chi connectivity index (χ0) is 41.7. The van der Waals surface area contributed by atoms with Crippen LogP contribution >= 0.6 is 0 Å². The van der Waals surface area contributed by atoms with Crippen molar-refractivity contribution in [1.82, 2.24) is 0 Å². The van der Waals surface area contributed by atoms with Crippen LogP contribution in [0, 0.1) is 5.92 Å². The lowest BCUT2D eigenvalue weighted by atomic mass is 9.99. The Bertz CT molecular complexity index is 859. The van der Waals surface area contributed by atoms with Gasteiger partial charge in [-0.25, -0.2) is 0 Å². The lowest BCUT2D eigenvalue weighted by Crippen LogP contribution is -2.30. The van der Waals surface area contributed by atoms with E-state index in [0.717, 1.165) is 63.7 Å². The minimum Gasteiger partial charge on any atom is -0.462 e. The van der Waals surface area contributed by atoms with Gasteiger partial charge in [0.15, 0.2) is 6.10 Å². The molecule has 0 rings (SSSR count). The predicted octanol–water partition coefficient (Wildman–Crippen LogP) is 16.3. The molecule has 0 saturated heterocycles. The minimum absolute atomic E-state index is 0.0635. The Morgan fingerprint density at radius 3 is 0.912 bits per heavy atom. The molecule has 0 N–H and O–H groups in total. The van der Waals surface area contributed by atoms with E-state index in [1.807, 2.05) is 0 Å². The fourth-order valence-electron chi connectivity index (χ4n) is 7.66. The first-order valence-corrected chi connectivity index (χ1v) is 25.4. The van der Waals surface area contributed by atoms with Crippen LogP contribution in [-0.2, 0) is 28.6 Å². The van der Waals surface area contributed by atoms with Crippen molar-refractivity contribution >= 4 is 17.9 Å². The van der Waals surface area contributed by atoms with Crippen LogP contribution in [0.3, 0.4) is 0 Å². The molecule has 6 heteroatoms. The molecule has 0 aliphatic heterocycles. The summed E-state index contributed by atoms with van der Waals surface area (Å²) in [6, 6.07) is 0. The smallest absolute Gasteiger partial charge is 0.306 e. The largest absolute Gasteiger partial charge is 0.462 e. The highest BCUT2D eigenvalue weighted by Crippen LogP contribution is 2.17. The van der Waals surface area contributed by atoms with Crippen LogP contribution in [0.25, 0.3) is 0 Å². The maximum atomic E-state index is 12.6. The Hall–Kier alpha value is -1.59. The van der Waals surface area contributed by atoms with E-state index in [1.165, 1.54) is 180 Å². The van der Waals surface area contributed by atoms with Gasteiger partial charge in [-0.05, 0) is 25.2 Å². The number of hydrogen-bond donors (Lipinski definition) is 0. The summed E-state index contributed by atoms with van der Waals surface area (Å²) >= 11 is 0. The third-order valence-electron chi connectivity index (χ3n) is 11.9. The third-order valence-corrected chi connectivity index (χ3v) is 11.9. The summed E-state index contributed by atoms with van der Waals surface area (Å²) in [5, 5.41) is 0. The molecule has 0 heterocycles. The Labute approximate surface area is 355 Å².